The molecule has 2 aromatic heterocycles. The molecule has 0 saturated carbocycles. The van der Waals surface area contributed by atoms with Gasteiger partial charge in [-0.3, -0.25) is 9.59 Å². The van der Waals surface area contributed by atoms with E-state index in [4.69, 9.17) is 26.1 Å². The van der Waals surface area contributed by atoms with Crippen molar-refractivity contribution in [1.82, 2.24) is 14.9 Å². The number of nitrogens with one attached hydrogen (secondary N) is 1. The van der Waals surface area contributed by atoms with Gasteiger partial charge >= 0.3 is 0 Å². The van der Waals surface area contributed by atoms with Gasteiger partial charge in [0.15, 0.2) is 0 Å². The molecule has 1 N–H and O–H groups in total. The third kappa shape index (κ3) is 5.49. The van der Waals surface area contributed by atoms with Crippen LogP contribution in [0.5, 0.6) is 5.75 Å². The normalized spacial score (nSPS) is 16.6. The molecule has 0 spiro atoms. The van der Waals surface area contributed by atoms with Crippen LogP contribution < -0.4 is 10.3 Å². The summed E-state index contributed by atoms with van der Waals surface area (Å²) in [5.74, 6) is 0.456. The highest BCUT2D eigenvalue weighted by molar-refractivity contribution is 6.31. The van der Waals surface area contributed by atoms with Gasteiger partial charge in [0.25, 0.3) is 11.5 Å². The van der Waals surface area contributed by atoms with Gasteiger partial charge in [0.1, 0.15) is 11.3 Å². The van der Waals surface area contributed by atoms with Crippen molar-refractivity contribution in [2.45, 2.75) is 51.2 Å². The number of ether oxygens (including phenoxy) is 2. The number of halogens is 1. The lowest BCUT2D eigenvalue weighted by Gasteiger charge is -2.27. The maximum atomic E-state index is 14.1. The molecule has 4 aromatic rings. The summed E-state index contributed by atoms with van der Waals surface area (Å²) in [4.78, 5) is 36.9. The minimum atomic E-state index is -0.329. The number of benzene rings is 2. The number of aromatic amines is 1. The van der Waals surface area contributed by atoms with Crippen molar-refractivity contribution in [3.05, 3.63) is 92.4 Å². The summed E-state index contributed by atoms with van der Waals surface area (Å²) in [5, 5.41) is 1.53. The van der Waals surface area contributed by atoms with Gasteiger partial charge in [-0.1, -0.05) is 17.7 Å². The van der Waals surface area contributed by atoms with Crippen LogP contribution in [0.3, 0.4) is 0 Å². The second-order valence-corrected chi connectivity index (χ2v) is 11.0. The van der Waals surface area contributed by atoms with E-state index in [1.165, 1.54) is 0 Å². The molecular weight excluding hydrogens is 526 g/mol. The van der Waals surface area contributed by atoms with E-state index in [1.807, 2.05) is 48.5 Å². The zero-order valence-electron chi connectivity index (χ0n) is 22.5. The van der Waals surface area contributed by atoms with Gasteiger partial charge in [-0.25, -0.2) is 4.98 Å². The average Bonchev–Trinajstić information content (AvgIpc) is 3.49. The van der Waals surface area contributed by atoms with Gasteiger partial charge in [0, 0.05) is 41.4 Å². The Morgan fingerprint density at radius 2 is 1.93 bits per heavy atom. The van der Waals surface area contributed by atoms with E-state index in [-0.39, 0.29) is 29.7 Å². The molecule has 6 rings (SSSR count). The van der Waals surface area contributed by atoms with E-state index in [1.54, 1.807) is 12.0 Å². The first-order valence-corrected chi connectivity index (χ1v) is 14.3. The molecule has 40 heavy (non-hydrogen) atoms. The van der Waals surface area contributed by atoms with E-state index >= 15 is 0 Å². The van der Waals surface area contributed by atoms with Crippen LogP contribution in [0, 0.1) is 0 Å². The number of fused-ring (bicyclic) bond motifs is 2. The average molecular weight is 558 g/mol. The molecule has 1 aliphatic carbocycles. The number of nitrogens with zero attached hydrogens (tertiary/aromatic N) is 2. The summed E-state index contributed by atoms with van der Waals surface area (Å²) in [7, 11) is 1.63. The molecule has 0 bridgehead atoms. The fourth-order valence-electron chi connectivity index (χ4n) is 5.77. The predicted octanol–water partition coefficient (Wildman–Crippen LogP) is 5.95. The second-order valence-electron chi connectivity index (χ2n) is 10.6. The van der Waals surface area contributed by atoms with Crippen LogP contribution >= 0.6 is 11.6 Å². The lowest BCUT2D eigenvalue weighted by molar-refractivity contribution is 0.0506. The standard InChI is InChI=1S/C32H32ClN3O4/c1-39-25-12-9-20(10-13-25)30-23(15-22-8-11-24(33)17-29(22)34-30)18-36(19-26-6-4-14-40-26)32(38)27-16-21-5-2-3-7-28(21)35-31(27)37/h8-13,15-17,26H,2-7,14,18-19H2,1H3,(H,35,37)/t26-/m1/s1. The zero-order chi connectivity index (χ0) is 27.6. The Morgan fingerprint density at radius 1 is 1.10 bits per heavy atom. The highest BCUT2D eigenvalue weighted by atomic mass is 35.5. The van der Waals surface area contributed by atoms with Gasteiger partial charge in [0.2, 0.25) is 0 Å². The highest BCUT2D eigenvalue weighted by Gasteiger charge is 2.27. The molecule has 1 aliphatic heterocycles. The van der Waals surface area contributed by atoms with Crippen LogP contribution in [0.25, 0.3) is 22.2 Å². The number of hydrogen-bond donors (Lipinski definition) is 1. The summed E-state index contributed by atoms with van der Waals surface area (Å²) in [5.41, 5.74) is 5.17. The van der Waals surface area contributed by atoms with Crippen LogP contribution in [0.1, 0.15) is 52.9 Å². The minimum absolute atomic E-state index is 0.0719. The first-order chi connectivity index (χ1) is 19.5. The van der Waals surface area contributed by atoms with Crippen molar-refractivity contribution in [2.75, 3.05) is 20.3 Å². The quantitative estimate of drug-likeness (QED) is 0.303. The third-order valence-corrected chi connectivity index (χ3v) is 8.12. The van der Waals surface area contributed by atoms with Gasteiger partial charge in [-0.2, -0.15) is 0 Å². The van der Waals surface area contributed by atoms with Gasteiger partial charge < -0.3 is 19.4 Å². The largest absolute Gasteiger partial charge is 0.497 e. The zero-order valence-corrected chi connectivity index (χ0v) is 23.3. The summed E-state index contributed by atoms with van der Waals surface area (Å²) in [6.07, 6.45) is 5.59. The van der Waals surface area contributed by atoms with Crippen molar-refractivity contribution in [1.29, 1.82) is 0 Å². The van der Waals surface area contributed by atoms with E-state index < -0.39 is 0 Å². The topological polar surface area (TPSA) is 84.5 Å². The number of hydrogen-bond acceptors (Lipinski definition) is 5. The molecule has 206 valence electrons. The van der Waals surface area contributed by atoms with Crippen LogP contribution in [0.4, 0.5) is 0 Å². The Balaban J connectivity index is 1.43. The number of methoxy groups -OCH3 is 1. The molecule has 1 atom stereocenters. The molecule has 8 heteroatoms. The van der Waals surface area contributed by atoms with Crippen LogP contribution in [0.15, 0.2) is 59.4 Å². The van der Waals surface area contributed by atoms with E-state index in [9.17, 15) is 9.59 Å². The van der Waals surface area contributed by atoms with Crippen LogP contribution in [-0.4, -0.2) is 47.1 Å². The van der Waals surface area contributed by atoms with Crippen molar-refractivity contribution >= 4 is 28.4 Å². The molecule has 2 aromatic carbocycles. The molecule has 1 amide bonds. The lowest BCUT2D eigenvalue weighted by atomic mass is 9.94. The number of H-pyrrole nitrogens is 1. The summed E-state index contributed by atoms with van der Waals surface area (Å²) < 4.78 is 11.3. The van der Waals surface area contributed by atoms with Gasteiger partial charge in [-0.15, -0.1) is 0 Å². The molecule has 7 nitrogen and oxygen atoms in total. The predicted molar refractivity (Wildman–Crippen MR) is 156 cm³/mol. The Morgan fingerprint density at radius 3 is 2.70 bits per heavy atom. The van der Waals surface area contributed by atoms with Crippen molar-refractivity contribution in [2.24, 2.45) is 0 Å². The monoisotopic (exact) mass is 557 g/mol. The number of pyridine rings is 2. The van der Waals surface area contributed by atoms with Crippen molar-refractivity contribution in [3.63, 3.8) is 0 Å². The maximum absolute atomic E-state index is 14.1. The van der Waals surface area contributed by atoms with Crippen LogP contribution in [0.2, 0.25) is 5.02 Å². The number of aryl methyl sites for hydroxylation is 2. The van der Waals surface area contributed by atoms with E-state index in [2.05, 4.69) is 11.1 Å². The second kappa shape index (κ2) is 11.4. The van der Waals surface area contributed by atoms with Gasteiger partial charge in [-0.05, 0) is 98.2 Å². The van der Waals surface area contributed by atoms with E-state index in [0.717, 1.165) is 83.3 Å². The fraction of sp³-hybridized carbons (Fsp3) is 0.344. The Kier molecular flexibility index (Phi) is 7.59. The molecular formula is C32H32ClN3O4. The summed E-state index contributed by atoms with van der Waals surface area (Å²) in [6.45, 7) is 1.36. The number of carbonyl (C=O) groups is 1. The first-order valence-electron chi connectivity index (χ1n) is 13.9. The Bertz CT molecular complexity index is 1610. The molecule has 3 heterocycles. The fourth-order valence-corrected chi connectivity index (χ4v) is 5.93. The molecule has 0 unspecified atom stereocenters. The Labute approximate surface area is 238 Å². The number of carbonyl (C=O) groups excluding carboxylic acids is 1. The molecule has 1 saturated heterocycles. The number of rotatable bonds is 7. The van der Waals surface area contributed by atoms with Crippen molar-refractivity contribution in [3.8, 4) is 17.0 Å². The summed E-state index contributed by atoms with van der Waals surface area (Å²) >= 11 is 6.29. The van der Waals surface area contributed by atoms with Gasteiger partial charge in [0.05, 0.1) is 24.4 Å². The first kappa shape index (κ1) is 26.5. The maximum Gasteiger partial charge on any atom is 0.261 e. The van der Waals surface area contributed by atoms with E-state index in [0.29, 0.717) is 18.2 Å². The smallest absolute Gasteiger partial charge is 0.261 e. The number of aromatic nitrogens is 2. The molecule has 1 fully saturated rings. The number of amides is 1. The molecule has 2 aliphatic rings. The SMILES string of the molecule is COc1ccc(-c2nc3cc(Cl)ccc3cc2CN(C[C@H]2CCCO2)C(=O)c2cc3c([nH]c2=O)CCCC3)cc1. The highest BCUT2D eigenvalue weighted by Crippen LogP contribution is 2.30. The summed E-state index contributed by atoms with van der Waals surface area (Å²) in [6, 6.07) is 17.2. The third-order valence-electron chi connectivity index (χ3n) is 7.89. The minimum Gasteiger partial charge on any atom is -0.497 e. The van der Waals surface area contributed by atoms with Crippen molar-refractivity contribution < 1.29 is 14.3 Å². The lowest BCUT2D eigenvalue weighted by Crippen LogP contribution is -2.40. The Hall–Kier alpha value is -3.68. The van der Waals surface area contributed by atoms with Crippen LogP contribution in [-0.2, 0) is 24.1 Å². The molecule has 0 radical (unpaired) electrons.